The van der Waals surface area contributed by atoms with Gasteiger partial charge in [-0.2, -0.15) is 0 Å². The van der Waals surface area contributed by atoms with Crippen LogP contribution in [0.3, 0.4) is 0 Å². The van der Waals surface area contributed by atoms with Gasteiger partial charge in [-0.15, -0.1) is 0 Å². The maximum absolute atomic E-state index is 13.2. The number of nitrogens with zero attached hydrogens (tertiary/aromatic N) is 2. The maximum Gasteiger partial charge on any atom is 0.123 e. The zero-order valence-corrected chi connectivity index (χ0v) is 15.6. The lowest BCUT2D eigenvalue weighted by atomic mass is 10.0. The molecule has 1 aromatic heterocycles. The van der Waals surface area contributed by atoms with E-state index in [9.17, 15) is 4.39 Å². The van der Waals surface area contributed by atoms with E-state index >= 15 is 0 Å². The van der Waals surface area contributed by atoms with Crippen molar-refractivity contribution in [3.05, 3.63) is 77.5 Å². The van der Waals surface area contributed by atoms with Gasteiger partial charge in [0, 0.05) is 25.2 Å². The molecule has 4 heteroatoms. The quantitative estimate of drug-likeness (QED) is 0.684. The molecule has 138 valence electrons. The summed E-state index contributed by atoms with van der Waals surface area (Å²) < 4.78 is 19.0. The molecule has 3 rings (SSSR count). The summed E-state index contributed by atoms with van der Waals surface area (Å²) in [6.45, 7) is 3.39. The van der Waals surface area contributed by atoms with Gasteiger partial charge in [0.2, 0.25) is 0 Å². The molecular weight excluding hydrogens is 327 g/mol. The van der Waals surface area contributed by atoms with Gasteiger partial charge in [0.05, 0.1) is 12.8 Å². The number of benzene rings is 1. The Bertz CT molecular complexity index is 759. The number of furan rings is 1. The molecule has 1 heterocycles. The first-order valence-corrected chi connectivity index (χ1v) is 9.16. The average Bonchev–Trinajstić information content (AvgIpc) is 3.11. The Morgan fingerprint density at radius 3 is 2.54 bits per heavy atom. The molecule has 1 aromatic carbocycles. The van der Waals surface area contributed by atoms with E-state index in [1.54, 1.807) is 0 Å². The second kappa shape index (κ2) is 8.97. The van der Waals surface area contributed by atoms with Crippen molar-refractivity contribution in [2.24, 2.45) is 0 Å². The fourth-order valence-electron chi connectivity index (χ4n) is 3.07. The summed E-state index contributed by atoms with van der Waals surface area (Å²) in [5, 5.41) is 0. The smallest absolute Gasteiger partial charge is 0.123 e. The summed E-state index contributed by atoms with van der Waals surface area (Å²) in [7, 11) is 4.14. The molecule has 1 aliphatic carbocycles. The molecular formula is C22H27FN2O. The molecule has 2 aromatic rings. The van der Waals surface area contributed by atoms with Gasteiger partial charge in [0.1, 0.15) is 11.6 Å². The topological polar surface area (TPSA) is 19.6 Å². The second-order valence-corrected chi connectivity index (χ2v) is 7.08. The molecule has 3 nitrogen and oxygen atoms in total. The molecule has 0 aliphatic heterocycles. The van der Waals surface area contributed by atoms with Crippen LogP contribution in [0.15, 0.2) is 59.2 Å². The summed E-state index contributed by atoms with van der Waals surface area (Å²) in [4.78, 5) is 4.50. The van der Waals surface area contributed by atoms with Crippen molar-refractivity contribution in [2.75, 3.05) is 27.2 Å². The minimum atomic E-state index is -0.196. The number of halogens is 1. The third kappa shape index (κ3) is 5.41. The fraction of sp³-hybridized carbons (Fsp3) is 0.364. The van der Waals surface area contributed by atoms with Gasteiger partial charge in [-0.05, 0) is 56.3 Å². The number of likely N-dealkylation sites (N-methyl/N-ethyl adjacent to an activating group) is 1. The lowest BCUT2D eigenvalue weighted by Gasteiger charge is -2.23. The summed E-state index contributed by atoms with van der Waals surface area (Å²) in [6, 6.07) is 8.87. The minimum Gasteiger partial charge on any atom is -0.467 e. The highest BCUT2D eigenvalue weighted by molar-refractivity contribution is 5.74. The predicted octanol–water partition coefficient (Wildman–Crippen LogP) is 4.72. The van der Waals surface area contributed by atoms with Crippen molar-refractivity contribution in [3.63, 3.8) is 0 Å². The first-order valence-electron chi connectivity index (χ1n) is 9.16. The van der Waals surface area contributed by atoms with E-state index in [0.29, 0.717) is 0 Å². The summed E-state index contributed by atoms with van der Waals surface area (Å²) in [5.41, 5.74) is 3.49. The van der Waals surface area contributed by atoms with Crippen LogP contribution in [0.4, 0.5) is 4.39 Å². The summed E-state index contributed by atoms with van der Waals surface area (Å²) in [6.07, 6.45) is 10.7. The van der Waals surface area contributed by atoms with Crippen molar-refractivity contribution < 1.29 is 8.81 Å². The zero-order chi connectivity index (χ0) is 18.4. The summed E-state index contributed by atoms with van der Waals surface area (Å²) in [5.74, 6) is 0.763. The van der Waals surface area contributed by atoms with E-state index in [0.717, 1.165) is 55.9 Å². The maximum atomic E-state index is 13.2. The summed E-state index contributed by atoms with van der Waals surface area (Å²) >= 11 is 0. The van der Waals surface area contributed by atoms with Gasteiger partial charge in [0.25, 0.3) is 0 Å². The Kier molecular flexibility index (Phi) is 6.42. The van der Waals surface area contributed by atoms with E-state index in [2.05, 4.69) is 48.2 Å². The van der Waals surface area contributed by atoms with Crippen molar-refractivity contribution in [2.45, 2.75) is 25.9 Å². The molecule has 0 radical (unpaired) electrons. The Morgan fingerprint density at radius 2 is 1.85 bits per heavy atom. The Morgan fingerprint density at radius 1 is 1.04 bits per heavy atom. The predicted molar refractivity (Wildman–Crippen MR) is 104 cm³/mol. The molecule has 0 bridgehead atoms. The van der Waals surface area contributed by atoms with Crippen LogP contribution in [0.25, 0.3) is 5.57 Å². The SMILES string of the molecule is CN(C)CCN(Cc1ccc(F)cc1)Cc1cc(C2=CCCC=C2)co1. The van der Waals surface area contributed by atoms with Crippen molar-refractivity contribution in [3.8, 4) is 0 Å². The van der Waals surface area contributed by atoms with Crippen LogP contribution in [-0.4, -0.2) is 37.0 Å². The molecule has 0 amide bonds. The van der Waals surface area contributed by atoms with E-state index < -0.39 is 0 Å². The number of hydrogen-bond donors (Lipinski definition) is 0. The van der Waals surface area contributed by atoms with Gasteiger partial charge < -0.3 is 9.32 Å². The third-order valence-electron chi connectivity index (χ3n) is 4.54. The first kappa shape index (κ1) is 18.6. The molecule has 1 aliphatic rings. The average molecular weight is 354 g/mol. The highest BCUT2D eigenvalue weighted by Crippen LogP contribution is 2.24. The van der Waals surface area contributed by atoms with E-state index in [1.807, 2.05) is 18.4 Å². The second-order valence-electron chi connectivity index (χ2n) is 7.08. The number of hydrogen-bond acceptors (Lipinski definition) is 3. The fourth-order valence-corrected chi connectivity index (χ4v) is 3.07. The lowest BCUT2D eigenvalue weighted by Crippen LogP contribution is -2.31. The van der Waals surface area contributed by atoms with E-state index in [-0.39, 0.29) is 5.82 Å². The minimum absolute atomic E-state index is 0.196. The molecule has 0 fully saturated rings. The van der Waals surface area contributed by atoms with Crippen LogP contribution in [0.2, 0.25) is 0 Å². The number of allylic oxidation sites excluding steroid dienone is 4. The van der Waals surface area contributed by atoms with Crippen molar-refractivity contribution >= 4 is 5.57 Å². The van der Waals surface area contributed by atoms with E-state index in [4.69, 9.17) is 4.42 Å². The first-order chi connectivity index (χ1) is 12.6. The molecule has 0 N–H and O–H groups in total. The third-order valence-corrected chi connectivity index (χ3v) is 4.54. The lowest BCUT2D eigenvalue weighted by molar-refractivity contribution is 0.211. The van der Waals surface area contributed by atoms with Gasteiger partial charge in [-0.25, -0.2) is 4.39 Å². The van der Waals surface area contributed by atoms with Gasteiger partial charge >= 0.3 is 0 Å². The monoisotopic (exact) mass is 354 g/mol. The van der Waals surface area contributed by atoms with Crippen LogP contribution in [0.5, 0.6) is 0 Å². The highest BCUT2D eigenvalue weighted by Gasteiger charge is 2.12. The van der Waals surface area contributed by atoms with Gasteiger partial charge in [-0.3, -0.25) is 4.90 Å². The van der Waals surface area contributed by atoms with Crippen LogP contribution in [0, 0.1) is 5.82 Å². The van der Waals surface area contributed by atoms with Crippen LogP contribution >= 0.6 is 0 Å². The molecule has 26 heavy (non-hydrogen) atoms. The van der Waals surface area contributed by atoms with Crippen LogP contribution in [-0.2, 0) is 13.1 Å². The van der Waals surface area contributed by atoms with Crippen LogP contribution in [0.1, 0.15) is 29.7 Å². The Labute approximate surface area is 155 Å². The number of rotatable bonds is 8. The molecule has 0 atom stereocenters. The molecule has 0 saturated heterocycles. The standard InChI is InChI=1S/C22H27FN2O/c1-24(2)12-13-25(15-18-8-10-21(23)11-9-18)16-22-14-20(17-26-22)19-6-4-3-5-7-19/h4,6-11,14,17H,3,5,12-13,15-16H2,1-2H3. The molecule has 0 saturated carbocycles. The van der Waals surface area contributed by atoms with Crippen molar-refractivity contribution in [1.82, 2.24) is 9.80 Å². The highest BCUT2D eigenvalue weighted by atomic mass is 19.1. The molecule has 0 unspecified atom stereocenters. The van der Waals surface area contributed by atoms with Gasteiger partial charge in [-0.1, -0.05) is 30.4 Å². The largest absolute Gasteiger partial charge is 0.467 e. The Hall–Kier alpha value is -2.17. The molecule has 0 spiro atoms. The van der Waals surface area contributed by atoms with E-state index in [1.165, 1.54) is 17.7 Å². The zero-order valence-electron chi connectivity index (χ0n) is 15.6. The Balaban J connectivity index is 1.68. The van der Waals surface area contributed by atoms with Crippen LogP contribution < -0.4 is 0 Å². The van der Waals surface area contributed by atoms with Crippen molar-refractivity contribution in [1.29, 1.82) is 0 Å². The normalized spacial score (nSPS) is 14.3. The van der Waals surface area contributed by atoms with Gasteiger partial charge in [0.15, 0.2) is 0 Å².